The van der Waals surface area contributed by atoms with Gasteiger partial charge < -0.3 is 10.1 Å². The van der Waals surface area contributed by atoms with Gasteiger partial charge in [-0.15, -0.1) is 0 Å². The molecule has 0 aliphatic carbocycles. The zero-order valence-corrected chi connectivity index (χ0v) is 13.8. The monoisotopic (exact) mass is 322 g/mol. The van der Waals surface area contributed by atoms with Crippen molar-refractivity contribution >= 4 is 0 Å². The van der Waals surface area contributed by atoms with Crippen LogP contribution in [0.3, 0.4) is 0 Å². The van der Waals surface area contributed by atoms with Gasteiger partial charge in [-0.1, -0.05) is 30.3 Å². The molecule has 0 aliphatic rings. The molecule has 0 amide bonds. The summed E-state index contributed by atoms with van der Waals surface area (Å²) in [5, 5.41) is 7.64. The highest BCUT2D eigenvalue weighted by molar-refractivity contribution is 5.32. The smallest absolute Gasteiger partial charge is 0.137 e. The molecule has 0 fully saturated rings. The maximum atomic E-state index is 5.80. The molecule has 2 aromatic carbocycles. The zero-order valence-electron chi connectivity index (χ0n) is 13.8. The van der Waals surface area contributed by atoms with Crippen LogP contribution in [0.15, 0.2) is 67.3 Å². The molecule has 0 saturated heterocycles. The average molecular weight is 322 g/mol. The molecular weight excluding hydrogens is 300 g/mol. The van der Waals surface area contributed by atoms with Gasteiger partial charge in [0, 0.05) is 19.1 Å². The van der Waals surface area contributed by atoms with E-state index in [0.29, 0.717) is 6.04 Å². The van der Waals surface area contributed by atoms with E-state index in [9.17, 15) is 0 Å². The summed E-state index contributed by atoms with van der Waals surface area (Å²) in [7, 11) is 0. The number of benzene rings is 2. The molecule has 1 aromatic heterocycles. The van der Waals surface area contributed by atoms with Gasteiger partial charge in [0.2, 0.25) is 0 Å². The summed E-state index contributed by atoms with van der Waals surface area (Å²) in [5.74, 6) is 1.70. The first-order chi connectivity index (χ1) is 11.8. The van der Waals surface area contributed by atoms with Crippen LogP contribution in [-0.4, -0.2) is 20.8 Å². The minimum atomic E-state index is 0.412. The number of hydrogen-bond donors (Lipinski definition) is 1. The normalized spacial score (nSPS) is 12.0. The van der Waals surface area contributed by atoms with Crippen LogP contribution < -0.4 is 10.1 Å². The molecule has 5 nitrogen and oxygen atoms in total. The minimum absolute atomic E-state index is 0.412. The predicted octanol–water partition coefficient (Wildman–Crippen LogP) is 3.64. The first kappa shape index (κ1) is 16.2. The fourth-order valence-corrected chi connectivity index (χ4v) is 2.37. The molecule has 3 rings (SSSR count). The van der Waals surface area contributed by atoms with E-state index in [1.165, 1.54) is 5.56 Å². The second-order valence-corrected chi connectivity index (χ2v) is 5.79. The molecule has 0 radical (unpaired) electrons. The van der Waals surface area contributed by atoms with Crippen LogP contribution in [0.4, 0.5) is 0 Å². The van der Waals surface area contributed by atoms with Gasteiger partial charge in [-0.2, -0.15) is 5.10 Å². The van der Waals surface area contributed by atoms with Crippen LogP contribution in [0.5, 0.6) is 11.5 Å². The fraction of sp³-hybridized carbons (Fsp3) is 0.263. The van der Waals surface area contributed by atoms with Gasteiger partial charge in [0.15, 0.2) is 0 Å². The Labute approximate surface area is 142 Å². The molecule has 1 N–H and O–H groups in total. The van der Waals surface area contributed by atoms with Crippen LogP contribution in [0.2, 0.25) is 0 Å². The van der Waals surface area contributed by atoms with Crippen molar-refractivity contribution in [2.45, 2.75) is 32.5 Å². The second kappa shape index (κ2) is 8.26. The van der Waals surface area contributed by atoms with Gasteiger partial charge >= 0.3 is 0 Å². The van der Waals surface area contributed by atoms with E-state index >= 15 is 0 Å². The van der Waals surface area contributed by atoms with Gasteiger partial charge in [0.1, 0.15) is 24.2 Å². The zero-order chi connectivity index (χ0) is 16.6. The molecule has 1 unspecified atom stereocenters. The molecule has 1 heterocycles. The molecule has 0 bridgehead atoms. The lowest BCUT2D eigenvalue weighted by Crippen LogP contribution is -2.26. The van der Waals surface area contributed by atoms with E-state index in [-0.39, 0.29) is 0 Å². The van der Waals surface area contributed by atoms with Gasteiger partial charge in [0.25, 0.3) is 0 Å². The standard InChI is InChI=1S/C19H22N4O/c1-16(11-12-23-15-20-14-22-23)21-13-17-7-9-19(10-8-17)24-18-5-3-2-4-6-18/h2-10,14-16,21H,11-13H2,1H3. The number of rotatable bonds is 8. The summed E-state index contributed by atoms with van der Waals surface area (Å²) in [6.07, 6.45) is 4.33. The fourth-order valence-electron chi connectivity index (χ4n) is 2.37. The van der Waals surface area contributed by atoms with Crippen molar-refractivity contribution < 1.29 is 4.74 Å². The van der Waals surface area contributed by atoms with Crippen LogP contribution >= 0.6 is 0 Å². The van der Waals surface area contributed by atoms with Gasteiger partial charge in [-0.25, -0.2) is 4.98 Å². The molecule has 3 aromatic rings. The number of aryl methyl sites for hydroxylation is 1. The SMILES string of the molecule is CC(CCn1cncn1)NCc1ccc(Oc2ccccc2)cc1. The highest BCUT2D eigenvalue weighted by Crippen LogP contribution is 2.21. The first-order valence-electron chi connectivity index (χ1n) is 8.17. The third kappa shape index (κ3) is 4.93. The highest BCUT2D eigenvalue weighted by atomic mass is 16.5. The number of para-hydroxylation sites is 1. The molecular formula is C19H22N4O. The predicted molar refractivity (Wildman–Crippen MR) is 93.9 cm³/mol. The molecule has 0 saturated carbocycles. The van der Waals surface area contributed by atoms with Crippen molar-refractivity contribution in [3.05, 3.63) is 72.8 Å². The molecule has 124 valence electrons. The molecule has 0 spiro atoms. The van der Waals surface area contributed by atoms with E-state index in [1.54, 1.807) is 12.7 Å². The lowest BCUT2D eigenvalue weighted by Gasteiger charge is -2.14. The number of nitrogens with zero attached hydrogens (tertiary/aromatic N) is 3. The Morgan fingerprint density at radius 1 is 1.04 bits per heavy atom. The summed E-state index contributed by atoms with van der Waals surface area (Å²) in [6, 6.07) is 18.4. The van der Waals surface area contributed by atoms with Crippen molar-refractivity contribution in [3.8, 4) is 11.5 Å². The summed E-state index contributed by atoms with van der Waals surface area (Å²) in [5.41, 5.74) is 1.24. The van der Waals surface area contributed by atoms with E-state index in [1.807, 2.05) is 47.1 Å². The van der Waals surface area contributed by atoms with Crippen LogP contribution in [0.25, 0.3) is 0 Å². The van der Waals surface area contributed by atoms with E-state index in [2.05, 4.69) is 34.5 Å². The molecule has 5 heteroatoms. The number of hydrogen-bond acceptors (Lipinski definition) is 4. The van der Waals surface area contributed by atoms with E-state index < -0.39 is 0 Å². The maximum absolute atomic E-state index is 5.80. The Hall–Kier alpha value is -2.66. The second-order valence-electron chi connectivity index (χ2n) is 5.79. The Morgan fingerprint density at radius 2 is 1.79 bits per heavy atom. The van der Waals surface area contributed by atoms with E-state index in [4.69, 9.17) is 4.74 Å². The number of nitrogens with one attached hydrogen (secondary N) is 1. The largest absolute Gasteiger partial charge is 0.457 e. The molecule has 0 aliphatic heterocycles. The van der Waals surface area contributed by atoms with Crippen molar-refractivity contribution in [3.63, 3.8) is 0 Å². The number of aromatic nitrogens is 3. The van der Waals surface area contributed by atoms with Crippen LogP contribution in [0, 0.1) is 0 Å². The van der Waals surface area contributed by atoms with Gasteiger partial charge in [0.05, 0.1) is 0 Å². The van der Waals surface area contributed by atoms with Crippen molar-refractivity contribution in [2.24, 2.45) is 0 Å². The third-order valence-electron chi connectivity index (χ3n) is 3.81. The Kier molecular flexibility index (Phi) is 5.58. The topological polar surface area (TPSA) is 52.0 Å². The molecule has 1 atom stereocenters. The summed E-state index contributed by atoms with van der Waals surface area (Å²) in [4.78, 5) is 3.95. The maximum Gasteiger partial charge on any atom is 0.137 e. The third-order valence-corrected chi connectivity index (χ3v) is 3.81. The van der Waals surface area contributed by atoms with Crippen LogP contribution in [-0.2, 0) is 13.1 Å². The van der Waals surface area contributed by atoms with Crippen molar-refractivity contribution in [1.29, 1.82) is 0 Å². The van der Waals surface area contributed by atoms with Crippen molar-refractivity contribution in [2.75, 3.05) is 0 Å². The van der Waals surface area contributed by atoms with Gasteiger partial charge in [-0.3, -0.25) is 4.68 Å². The van der Waals surface area contributed by atoms with E-state index in [0.717, 1.165) is 31.0 Å². The summed E-state index contributed by atoms with van der Waals surface area (Å²) in [6.45, 7) is 3.89. The lowest BCUT2D eigenvalue weighted by atomic mass is 10.2. The highest BCUT2D eigenvalue weighted by Gasteiger charge is 2.03. The molecule has 24 heavy (non-hydrogen) atoms. The van der Waals surface area contributed by atoms with Crippen LogP contribution in [0.1, 0.15) is 18.9 Å². The Balaban J connectivity index is 1.44. The summed E-state index contributed by atoms with van der Waals surface area (Å²) >= 11 is 0. The quantitative estimate of drug-likeness (QED) is 0.688. The Bertz CT molecular complexity index is 711. The lowest BCUT2D eigenvalue weighted by molar-refractivity contribution is 0.457. The van der Waals surface area contributed by atoms with Gasteiger partial charge in [-0.05, 0) is 43.2 Å². The average Bonchev–Trinajstić information content (AvgIpc) is 3.14. The Morgan fingerprint density at radius 3 is 2.50 bits per heavy atom. The first-order valence-corrected chi connectivity index (χ1v) is 8.17. The summed E-state index contributed by atoms with van der Waals surface area (Å²) < 4.78 is 7.66. The van der Waals surface area contributed by atoms with Crippen molar-refractivity contribution in [1.82, 2.24) is 20.1 Å². The minimum Gasteiger partial charge on any atom is -0.457 e. The number of ether oxygens (including phenoxy) is 1.